The van der Waals surface area contributed by atoms with Crippen LogP contribution in [0.5, 0.6) is 0 Å². The van der Waals surface area contributed by atoms with Gasteiger partial charge in [-0.3, -0.25) is 14.8 Å². The standard InChI is InChI=1S/C5H9NO6/c7-1-3(9)4(10)5(11)6(12)2-8/h2-4,7,9-10,12H,1H2/t3-,4+/m1/s1. The van der Waals surface area contributed by atoms with Gasteiger partial charge in [-0.25, -0.2) is 0 Å². The first-order valence-electron chi connectivity index (χ1n) is 2.98. The second-order valence-electron chi connectivity index (χ2n) is 1.98. The van der Waals surface area contributed by atoms with Crippen molar-refractivity contribution in [3.05, 3.63) is 0 Å². The Morgan fingerprint density at radius 1 is 1.50 bits per heavy atom. The Morgan fingerprint density at radius 3 is 2.33 bits per heavy atom. The lowest BCUT2D eigenvalue weighted by atomic mass is 10.2. The van der Waals surface area contributed by atoms with Gasteiger partial charge in [0.25, 0.3) is 5.91 Å². The minimum atomic E-state index is -2.01. The highest BCUT2D eigenvalue weighted by Crippen LogP contribution is 1.95. The van der Waals surface area contributed by atoms with E-state index in [1.54, 1.807) is 0 Å². The van der Waals surface area contributed by atoms with E-state index in [4.69, 9.17) is 20.5 Å². The number of rotatable bonds is 4. The third kappa shape index (κ3) is 2.55. The SMILES string of the molecule is O=CN(O)C(=O)[C@@H](O)[C@H](O)CO. The van der Waals surface area contributed by atoms with Gasteiger partial charge >= 0.3 is 0 Å². The number of amides is 2. The van der Waals surface area contributed by atoms with Crippen molar-refractivity contribution in [2.75, 3.05) is 6.61 Å². The van der Waals surface area contributed by atoms with Gasteiger partial charge in [-0.15, -0.1) is 0 Å². The molecular formula is C5H9NO6. The molecule has 4 N–H and O–H groups in total. The van der Waals surface area contributed by atoms with Crippen LogP contribution in [0.25, 0.3) is 0 Å². The second-order valence-corrected chi connectivity index (χ2v) is 1.98. The zero-order chi connectivity index (χ0) is 9.72. The molecule has 2 atom stereocenters. The smallest absolute Gasteiger partial charge is 0.284 e. The van der Waals surface area contributed by atoms with Crippen LogP contribution in [0.2, 0.25) is 0 Å². The van der Waals surface area contributed by atoms with Crippen molar-refractivity contribution >= 4 is 12.3 Å². The first kappa shape index (κ1) is 11.0. The minimum Gasteiger partial charge on any atom is -0.394 e. The summed E-state index contributed by atoms with van der Waals surface area (Å²) in [7, 11) is 0. The summed E-state index contributed by atoms with van der Waals surface area (Å²) in [4.78, 5) is 20.4. The van der Waals surface area contributed by atoms with E-state index in [9.17, 15) is 9.59 Å². The Balaban J connectivity index is 4.18. The van der Waals surface area contributed by atoms with Gasteiger partial charge in [0, 0.05) is 0 Å². The number of hydroxylamine groups is 2. The van der Waals surface area contributed by atoms with Gasteiger partial charge in [0.1, 0.15) is 6.10 Å². The first-order chi connectivity index (χ1) is 5.54. The summed E-state index contributed by atoms with van der Waals surface area (Å²) in [6.45, 7) is -0.848. The van der Waals surface area contributed by atoms with E-state index in [0.717, 1.165) is 0 Å². The lowest BCUT2D eigenvalue weighted by Crippen LogP contribution is -2.44. The molecule has 0 unspecified atom stereocenters. The van der Waals surface area contributed by atoms with Crippen LogP contribution < -0.4 is 0 Å². The number of carbonyl (C=O) groups is 2. The molecule has 7 nitrogen and oxygen atoms in total. The van der Waals surface area contributed by atoms with Crippen LogP contribution in [0.4, 0.5) is 0 Å². The van der Waals surface area contributed by atoms with Gasteiger partial charge in [0.2, 0.25) is 6.41 Å². The molecule has 0 aliphatic carbocycles. The van der Waals surface area contributed by atoms with E-state index in [1.807, 2.05) is 0 Å². The van der Waals surface area contributed by atoms with Crippen LogP contribution in [0, 0.1) is 0 Å². The van der Waals surface area contributed by atoms with Crippen LogP contribution in [0.1, 0.15) is 0 Å². The fourth-order valence-corrected chi connectivity index (χ4v) is 0.452. The van der Waals surface area contributed by atoms with Gasteiger partial charge in [0.15, 0.2) is 6.10 Å². The molecule has 0 spiro atoms. The molecule has 70 valence electrons. The summed E-state index contributed by atoms with van der Waals surface area (Å²) in [5.74, 6) is -1.40. The number of imide groups is 1. The lowest BCUT2D eigenvalue weighted by molar-refractivity contribution is -0.182. The summed E-state index contributed by atoms with van der Waals surface area (Å²) >= 11 is 0. The number of hydrogen-bond donors (Lipinski definition) is 4. The summed E-state index contributed by atoms with van der Waals surface area (Å²) in [6.07, 6.45) is -3.97. The van der Waals surface area contributed by atoms with Crippen LogP contribution >= 0.6 is 0 Å². The Morgan fingerprint density at radius 2 is 2.00 bits per heavy atom. The van der Waals surface area contributed by atoms with E-state index >= 15 is 0 Å². The summed E-state index contributed by atoms with van der Waals surface area (Å²) in [6, 6.07) is 0. The Bertz CT molecular complexity index is 171. The van der Waals surface area contributed by atoms with Crippen molar-refractivity contribution in [3.8, 4) is 0 Å². The highest BCUT2D eigenvalue weighted by atomic mass is 16.5. The third-order valence-electron chi connectivity index (χ3n) is 1.13. The van der Waals surface area contributed by atoms with E-state index < -0.39 is 29.8 Å². The number of hydrogen-bond acceptors (Lipinski definition) is 6. The molecule has 0 rings (SSSR count). The molecule has 0 aromatic heterocycles. The molecule has 0 bridgehead atoms. The Kier molecular flexibility index (Phi) is 4.37. The van der Waals surface area contributed by atoms with Crippen LogP contribution in [0.3, 0.4) is 0 Å². The zero-order valence-corrected chi connectivity index (χ0v) is 5.99. The van der Waals surface area contributed by atoms with E-state index in [-0.39, 0.29) is 6.41 Å². The molecule has 0 saturated carbocycles. The molecule has 0 fully saturated rings. The fourth-order valence-electron chi connectivity index (χ4n) is 0.452. The maximum atomic E-state index is 10.6. The van der Waals surface area contributed by atoms with Gasteiger partial charge in [-0.1, -0.05) is 0 Å². The topological polar surface area (TPSA) is 118 Å². The molecule has 0 saturated heterocycles. The molecule has 0 aromatic carbocycles. The van der Waals surface area contributed by atoms with Crippen molar-refractivity contribution in [1.82, 2.24) is 5.06 Å². The summed E-state index contributed by atoms with van der Waals surface area (Å²) in [5, 5.41) is 33.7. The molecule has 7 heteroatoms. The van der Waals surface area contributed by atoms with Crippen molar-refractivity contribution in [2.45, 2.75) is 12.2 Å². The van der Waals surface area contributed by atoms with Crippen molar-refractivity contribution in [3.63, 3.8) is 0 Å². The Hall–Kier alpha value is -1.02. The average molecular weight is 179 g/mol. The molecular weight excluding hydrogens is 170 g/mol. The molecule has 0 radical (unpaired) electrons. The number of aliphatic hydroxyl groups excluding tert-OH is 3. The second kappa shape index (κ2) is 4.78. The van der Waals surface area contributed by atoms with Crippen LogP contribution in [0.15, 0.2) is 0 Å². The summed E-state index contributed by atoms with van der Waals surface area (Å²) in [5.41, 5.74) is 0. The van der Waals surface area contributed by atoms with Gasteiger partial charge in [-0.05, 0) is 0 Å². The first-order valence-corrected chi connectivity index (χ1v) is 2.98. The average Bonchev–Trinajstić information content (AvgIpc) is 2.12. The number of nitrogens with zero attached hydrogens (tertiary/aromatic N) is 1. The lowest BCUT2D eigenvalue weighted by Gasteiger charge is -2.16. The molecule has 12 heavy (non-hydrogen) atoms. The molecule has 0 aromatic rings. The largest absolute Gasteiger partial charge is 0.394 e. The molecule has 2 amide bonds. The van der Waals surface area contributed by atoms with Crippen LogP contribution in [-0.4, -0.2) is 56.7 Å². The number of aliphatic hydroxyl groups is 3. The molecule has 0 aliphatic rings. The zero-order valence-electron chi connectivity index (χ0n) is 5.99. The highest BCUT2D eigenvalue weighted by Gasteiger charge is 2.27. The van der Waals surface area contributed by atoms with Crippen molar-refractivity contribution in [2.24, 2.45) is 0 Å². The molecule has 0 heterocycles. The van der Waals surface area contributed by atoms with E-state index in [2.05, 4.69) is 0 Å². The quantitative estimate of drug-likeness (QED) is 0.208. The maximum absolute atomic E-state index is 10.6. The minimum absolute atomic E-state index is 0.240. The fraction of sp³-hybridized carbons (Fsp3) is 0.600. The Labute approximate surface area is 67.4 Å². The normalized spacial score (nSPS) is 15.0. The van der Waals surface area contributed by atoms with Gasteiger partial charge < -0.3 is 15.3 Å². The predicted molar refractivity (Wildman–Crippen MR) is 33.8 cm³/mol. The van der Waals surface area contributed by atoms with Crippen LogP contribution in [-0.2, 0) is 9.59 Å². The predicted octanol–water partition coefficient (Wildman–Crippen LogP) is -2.93. The highest BCUT2D eigenvalue weighted by molar-refractivity contribution is 5.88. The van der Waals surface area contributed by atoms with E-state index in [1.165, 1.54) is 0 Å². The van der Waals surface area contributed by atoms with E-state index in [0.29, 0.717) is 0 Å². The van der Waals surface area contributed by atoms with Gasteiger partial charge in [0.05, 0.1) is 6.61 Å². The van der Waals surface area contributed by atoms with Crippen molar-refractivity contribution < 1.29 is 30.1 Å². The number of carbonyl (C=O) groups excluding carboxylic acids is 2. The van der Waals surface area contributed by atoms with Crippen molar-refractivity contribution in [1.29, 1.82) is 0 Å². The van der Waals surface area contributed by atoms with Gasteiger partial charge in [-0.2, -0.15) is 5.06 Å². The molecule has 0 aliphatic heterocycles. The third-order valence-corrected chi connectivity index (χ3v) is 1.13. The summed E-state index contributed by atoms with van der Waals surface area (Å²) < 4.78 is 0. The monoisotopic (exact) mass is 179 g/mol. The maximum Gasteiger partial charge on any atom is 0.284 e.